The number of hydrogen-bond donors (Lipinski definition) is 2. The molecule has 5 nitrogen and oxygen atoms in total. The number of anilines is 1. The van der Waals surface area contributed by atoms with Crippen LogP contribution in [0.4, 0.5) is 5.69 Å². The minimum atomic E-state index is -0.0127. The number of methoxy groups -OCH3 is 1. The van der Waals surface area contributed by atoms with Crippen molar-refractivity contribution >= 4 is 22.5 Å². The van der Waals surface area contributed by atoms with Crippen molar-refractivity contribution < 1.29 is 9.53 Å². The lowest BCUT2D eigenvalue weighted by Gasteiger charge is -2.19. The average molecular weight is 349 g/mol. The number of H-pyrrole nitrogens is 1. The first-order valence-corrected chi connectivity index (χ1v) is 8.97. The Morgan fingerprint density at radius 3 is 3.08 bits per heavy atom. The van der Waals surface area contributed by atoms with Crippen LogP contribution < -0.4 is 15.0 Å². The third-order valence-electron chi connectivity index (χ3n) is 5.07. The lowest BCUT2D eigenvalue weighted by atomic mass is 10.1. The van der Waals surface area contributed by atoms with E-state index in [1.165, 1.54) is 5.69 Å². The number of nitrogens with zero attached hydrogens (tertiary/aromatic N) is 1. The second-order valence-electron chi connectivity index (χ2n) is 6.79. The van der Waals surface area contributed by atoms with Crippen molar-refractivity contribution in [2.75, 3.05) is 31.6 Å². The molecule has 1 aliphatic heterocycles. The summed E-state index contributed by atoms with van der Waals surface area (Å²) in [7, 11) is 1.69. The van der Waals surface area contributed by atoms with Gasteiger partial charge in [0.25, 0.3) is 5.91 Å². The van der Waals surface area contributed by atoms with E-state index in [0.717, 1.165) is 36.2 Å². The zero-order chi connectivity index (χ0) is 17.9. The van der Waals surface area contributed by atoms with Crippen LogP contribution in [0.15, 0.2) is 54.7 Å². The van der Waals surface area contributed by atoms with Gasteiger partial charge in [-0.1, -0.05) is 12.1 Å². The van der Waals surface area contributed by atoms with Gasteiger partial charge in [0.1, 0.15) is 5.75 Å². The average Bonchev–Trinajstić information content (AvgIpc) is 3.34. The van der Waals surface area contributed by atoms with Gasteiger partial charge in [-0.15, -0.1) is 0 Å². The van der Waals surface area contributed by atoms with Crippen molar-refractivity contribution in [3.8, 4) is 5.75 Å². The van der Waals surface area contributed by atoms with E-state index in [1.54, 1.807) is 7.11 Å². The Morgan fingerprint density at radius 2 is 2.19 bits per heavy atom. The summed E-state index contributed by atoms with van der Waals surface area (Å²) in [5, 5.41) is 4.21. The molecule has 2 heterocycles. The summed E-state index contributed by atoms with van der Waals surface area (Å²) in [6.45, 7) is 2.65. The van der Waals surface area contributed by atoms with Crippen LogP contribution in [-0.2, 0) is 0 Å². The molecular formula is C21H23N3O2. The lowest BCUT2D eigenvalue weighted by Crippen LogP contribution is -2.31. The van der Waals surface area contributed by atoms with Gasteiger partial charge in [-0.05, 0) is 48.1 Å². The maximum Gasteiger partial charge on any atom is 0.251 e. The van der Waals surface area contributed by atoms with Crippen LogP contribution in [-0.4, -0.2) is 37.6 Å². The molecule has 0 spiro atoms. The van der Waals surface area contributed by atoms with E-state index in [-0.39, 0.29) is 5.91 Å². The summed E-state index contributed by atoms with van der Waals surface area (Å²) in [5.41, 5.74) is 2.86. The van der Waals surface area contributed by atoms with Gasteiger partial charge in [0.05, 0.1) is 7.11 Å². The molecule has 1 aromatic heterocycles. The quantitative estimate of drug-likeness (QED) is 0.742. The normalized spacial score (nSPS) is 16.8. The number of carbonyl (C=O) groups is 1. The van der Waals surface area contributed by atoms with Crippen molar-refractivity contribution in [3.05, 3.63) is 60.3 Å². The van der Waals surface area contributed by atoms with Crippen LogP contribution in [0.2, 0.25) is 0 Å². The fourth-order valence-corrected chi connectivity index (χ4v) is 3.57. The molecule has 0 bridgehead atoms. The molecular weight excluding hydrogens is 326 g/mol. The third-order valence-corrected chi connectivity index (χ3v) is 5.07. The second-order valence-corrected chi connectivity index (χ2v) is 6.79. The van der Waals surface area contributed by atoms with E-state index in [0.29, 0.717) is 18.0 Å². The van der Waals surface area contributed by atoms with Gasteiger partial charge in [-0.3, -0.25) is 4.79 Å². The van der Waals surface area contributed by atoms with Crippen LogP contribution >= 0.6 is 0 Å². The highest BCUT2D eigenvalue weighted by atomic mass is 16.5. The van der Waals surface area contributed by atoms with Crippen LogP contribution in [0.1, 0.15) is 16.8 Å². The van der Waals surface area contributed by atoms with Crippen LogP contribution in [0, 0.1) is 5.92 Å². The van der Waals surface area contributed by atoms with Crippen molar-refractivity contribution in [2.45, 2.75) is 6.42 Å². The number of amides is 1. The van der Waals surface area contributed by atoms with Gasteiger partial charge in [-0.25, -0.2) is 0 Å². The Bertz CT molecular complexity index is 918. The molecule has 5 heteroatoms. The third kappa shape index (κ3) is 3.38. The fraction of sp³-hybridized carbons (Fsp3) is 0.286. The Balaban J connectivity index is 1.34. The zero-order valence-electron chi connectivity index (χ0n) is 14.9. The number of fused-ring (bicyclic) bond motifs is 1. The number of rotatable bonds is 5. The fourth-order valence-electron chi connectivity index (χ4n) is 3.57. The molecule has 1 aliphatic rings. The number of benzene rings is 2. The molecule has 26 heavy (non-hydrogen) atoms. The van der Waals surface area contributed by atoms with Crippen molar-refractivity contribution in [1.29, 1.82) is 0 Å². The predicted molar refractivity (Wildman–Crippen MR) is 104 cm³/mol. The molecule has 2 aromatic carbocycles. The molecule has 1 saturated heterocycles. The van der Waals surface area contributed by atoms with Crippen LogP contribution in [0.5, 0.6) is 5.75 Å². The van der Waals surface area contributed by atoms with E-state index in [4.69, 9.17) is 4.74 Å². The van der Waals surface area contributed by atoms with Gasteiger partial charge in [-0.2, -0.15) is 0 Å². The number of aromatic amines is 1. The van der Waals surface area contributed by atoms with Crippen molar-refractivity contribution in [1.82, 2.24) is 10.3 Å². The Labute approximate surface area is 153 Å². The number of aromatic nitrogens is 1. The zero-order valence-corrected chi connectivity index (χ0v) is 14.9. The molecule has 1 atom stereocenters. The van der Waals surface area contributed by atoms with Gasteiger partial charge >= 0.3 is 0 Å². The molecule has 134 valence electrons. The van der Waals surface area contributed by atoms with E-state index in [1.807, 2.05) is 42.6 Å². The minimum Gasteiger partial charge on any atom is -0.497 e. The standard InChI is InChI=1S/C21H23N3O2/c1-26-19-4-2-3-18(12-19)24-10-8-15(14-24)13-23-21(25)17-6-5-16-7-9-22-20(16)11-17/h2-7,9,11-12,15,22H,8,10,13-14H2,1H3,(H,23,25)/t15-/m0/s1. The first-order chi connectivity index (χ1) is 12.7. The summed E-state index contributed by atoms with van der Waals surface area (Å²) in [4.78, 5) is 17.9. The van der Waals surface area contributed by atoms with Gasteiger partial charge in [0.15, 0.2) is 0 Å². The molecule has 1 fully saturated rings. The molecule has 4 rings (SSSR count). The van der Waals surface area contributed by atoms with Gasteiger partial charge < -0.3 is 19.9 Å². The van der Waals surface area contributed by atoms with Crippen LogP contribution in [0.3, 0.4) is 0 Å². The lowest BCUT2D eigenvalue weighted by molar-refractivity contribution is 0.0948. The van der Waals surface area contributed by atoms with Gasteiger partial charge in [0.2, 0.25) is 0 Å². The summed E-state index contributed by atoms with van der Waals surface area (Å²) in [6.07, 6.45) is 2.96. The first-order valence-electron chi connectivity index (χ1n) is 8.97. The van der Waals surface area contributed by atoms with E-state index in [2.05, 4.69) is 27.3 Å². The molecule has 3 aromatic rings. The summed E-state index contributed by atoms with van der Waals surface area (Å²) in [5.74, 6) is 1.32. The molecule has 0 aliphatic carbocycles. The van der Waals surface area contributed by atoms with Crippen molar-refractivity contribution in [2.24, 2.45) is 5.92 Å². The van der Waals surface area contributed by atoms with Crippen LogP contribution in [0.25, 0.3) is 10.9 Å². The Kier molecular flexibility index (Phi) is 4.52. The monoisotopic (exact) mass is 349 g/mol. The summed E-state index contributed by atoms with van der Waals surface area (Å²) in [6, 6.07) is 15.9. The number of carbonyl (C=O) groups excluding carboxylic acids is 1. The molecule has 0 unspecified atom stereocenters. The van der Waals surface area contributed by atoms with E-state index < -0.39 is 0 Å². The number of hydrogen-bond acceptors (Lipinski definition) is 3. The topological polar surface area (TPSA) is 57.4 Å². The maximum atomic E-state index is 12.4. The molecule has 0 saturated carbocycles. The van der Waals surface area contributed by atoms with E-state index >= 15 is 0 Å². The number of ether oxygens (including phenoxy) is 1. The summed E-state index contributed by atoms with van der Waals surface area (Å²) >= 11 is 0. The van der Waals surface area contributed by atoms with Gasteiger partial charge in [0, 0.05) is 48.7 Å². The second kappa shape index (κ2) is 7.12. The SMILES string of the molecule is COc1cccc(N2CC[C@@H](CNC(=O)c3ccc4cc[nH]c4c3)C2)c1. The Hall–Kier alpha value is -2.95. The van der Waals surface area contributed by atoms with Crippen molar-refractivity contribution in [3.63, 3.8) is 0 Å². The molecule has 1 amide bonds. The maximum absolute atomic E-state index is 12.4. The smallest absolute Gasteiger partial charge is 0.251 e. The summed E-state index contributed by atoms with van der Waals surface area (Å²) < 4.78 is 5.31. The van der Waals surface area contributed by atoms with E-state index in [9.17, 15) is 4.79 Å². The minimum absolute atomic E-state index is 0.0127. The highest BCUT2D eigenvalue weighted by Gasteiger charge is 2.23. The largest absolute Gasteiger partial charge is 0.497 e. The highest BCUT2D eigenvalue weighted by molar-refractivity contribution is 5.97. The molecule has 2 N–H and O–H groups in total. The molecule has 0 radical (unpaired) electrons. The first kappa shape index (κ1) is 16.5. The predicted octanol–water partition coefficient (Wildman–Crippen LogP) is 3.43. The highest BCUT2D eigenvalue weighted by Crippen LogP contribution is 2.26. The number of nitrogens with one attached hydrogen (secondary N) is 2. The Morgan fingerprint density at radius 1 is 1.27 bits per heavy atom.